The van der Waals surface area contributed by atoms with Crippen LogP contribution in [0, 0.1) is 0 Å². The quantitative estimate of drug-likeness (QED) is 0.551. The van der Waals surface area contributed by atoms with Crippen LogP contribution in [0.2, 0.25) is 0 Å². The maximum absolute atomic E-state index is 12.5. The highest BCUT2D eigenvalue weighted by Gasteiger charge is 2.15. The number of anilines is 1. The van der Waals surface area contributed by atoms with Gasteiger partial charge in [-0.15, -0.1) is 0 Å². The van der Waals surface area contributed by atoms with Gasteiger partial charge in [0.25, 0.3) is 0 Å². The topological polar surface area (TPSA) is 87.5 Å². The van der Waals surface area contributed by atoms with Crippen molar-refractivity contribution in [3.8, 4) is 11.5 Å². The number of imidazole rings is 1. The highest BCUT2D eigenvalue weighted by Crippen LogP contribution is 2.29. The van der Waals surface area contributed by atoms with Gasteiger partial charge in [-0.1, -0.05) is 11.8 Å². The third kappa shape index (κ3) is 4.55. The average molecular weight is 402 g/mol. The van der Waals surface area contributed by atoms with Crippen molar-refractivity contribution in [1.29, 1.82) is 0 Å². The molecule has 0 unspecified atom stereocenters. The summed E-state index contributed by atoms with van der Waals surface area (Å²) < 4.78 is 17.6. The molecule has 0 fully saturated rings. The second kappa shape index (κ2) is 9.43. The molecule has 1 aromatic carbocycles. The first-order chi connectivity index (χ1) is 13.7. The smallest absolute Gasteiger partial charge is 0.234 e. The summed E-state index contributed by atoms with van der Waals surface area (Å²) in [5.74, 6) is 1.23. The molecule has 3 aromatic rings. The van der Waals surface area contributed by atoms with Gasteiger partial charge in [0.1, 0.15) is 17.0 Å². The molecule has 148 valence electrons. The number of carbonyl (C=O) groups is 1. The Labute approximate surface area is 167 Å². The zero-order valence-electron chi connectivity index (χ0n) is 16.0. The minimum absolute atomic E-state index is 0.160. The molecule has 0 aliphatic heterocycles. The van der Waals surface area contributed by atoms with E-state index in [9.17, 15) is 4.79 Å². The van der Waals surface area contributed by atoms with E-state index in [0.717, 1.165) is 16.3 Å². The van der Waals surface area contributed by atoms with E-state index in [2.05, 4.69) is 15.3 Å². The zero-order chi connectivity index (χ0) is 19.9. The van der Waals surface area contributed by atoms with Gasteiger partial charge < -0.3 is 24.1 Å². The van der Waals surface area contributed by atoms with Gasteiger partial charge in [0.05, 0.1) is 38.8 Å². The van der Waals surface area contributed by atoms with Crippen molar-refractivity contribution in [3.63, 3.8) is 0 Å². The van der Waals surface area contributed by atoms with Crippen molar-refractivity contribution in [1.82, 2.24) is 14.5 Å². The molecule has 0 atom stereocenters. The van der Waals surface area contributed by atoms with E-state index in [1.165, 1.54) is 11.8 Å². The van der Waals surface area contributed by atoms with Gasteiger partial charge in [-0.05, 0) is 24.3 Å². The van der Waals surface area contributed by atoms with E-state index in [1.54, 1.807) is 45.7 Å². The van der Waals surface area contributed by atoms with Crippen LogP contribution in [0.3, 0.4) is 0 Å². The minimum atomic E-state index is -0.160. The molecule has 0 aliphatic rings. The van der Waals surface area contributed by atoms with Crippen molar-refractivity contribution in [2.24, 2.45) is 0 Å². The lowest BCUT2D eigenvalue weighted by Crippen LogP contribution is -2.15. The van der Waals surface area contributed by atoms with Crippen molar-refractivity contribution in [2.45, 2.75) is 11.7 Å². The zero-order valence-corrected chi connectivity index (χ0v) is 16.8. The van der Waals surface area contributed by atoms with Crippen molar-refractivity contribution >= 4 is 34.5 Å². The Morgan fingerprint density at radius 1 is 1.21 bits per heavy atom. The van der Waals surface area contributed by atoms with E-state index in [0.29, 0.717) is 30.3 Å². The molecular weight excluding hydrogens is 380 g/mol. The first-order valence-electron chi connectivity index (χ1n) is 8.61. The number of carbonyl (C=O) groups excluding carboxylic acids is 1. The summed E-state index contributed by atoms with van der Waals surface area (Å²) in [6, 6.07) is 8.97. The molecule has 1 N–H and O–H groups in total. The Kier molecular flexibility index (Phi) is 6.72. The summed E-state index contributed by atoms with van der Waals surface area (Å²) in [5.41, 5.74) is 2.15. The summed E-state index contributed by atoms with van der Waals surface area (Å²) in [6.07, 6.45) is 1.73. The Balaban J connectivity index is 1.71. The summed E-state index contributed by atoms with van der Waals surface area (Å²) >= 11 is 1.35. The first kappa shape index (κ1) is 20.0. The molecule has 2 heterocycles. The van der Waals surface area contributed by atoms with Crippen molar-refractivity contribution < 1.29 is 19.0 Å². The van der Waals surface area contributed by atoms with Crippen molar-refractivity contribution in [3.05, 3.63) is 36.5 Å². The molecule has 3 rings (SSSR count). The maximum Gasteiger partial charge on any atom is 0.234 e. The molecule has 0 radical (unpaired) electrons. The van der Waals surface area contributed by atoms with E-state index in [-0.39, 0.29) is 11.7 Å². The van der Waals surface area contributed by atoms with Crippen LogP contribution in [-0.2, 0) is 16.1 Å². The molecule has 0 saturated heterocycles. The van der Waals surface area contributed by atoms with Gasteiger partial charge in [0, 0.05) is 19.4 Å². The average Bonchev–Trinajstić information content (AvgIpc) is 3.08. The Morgan fingerprint density at radius 3 is 2.82 bits per heavy atom. The molecule has 9 heteroatoms. The molecule has 0 saturated carbocycles. The highest BCUT2D eigenvalue weighted by atomic mass is 32.2. The molecular formula is C19H22N4O4S. The maximum atomic E-state index is 12.5. The third-order valence-electron chi connectivity index (χ3n) is 4.00. The first-order valence-corrected chi connectivity index (χ1v) is 9.59. The summed E-state index contributed by atoms with van der Waals surface area (Å²) in [6.45, 7) is 1.14. The third-order valence-corrected chi connectivity index (χ3v) is 4.98. The fraction of sp³-hybridized carbons (Fsp3) is 0.316. The fourth-order valence-electron chi connectivity index (χ4n) is 2.65. The standard InChI is InChI=1S/C19H22N4O4S/c1-25-10-9-23-18-15(5-4-8-20-18)22-19(23)28-12-17(24)21-14-7-6-13(26-2)11-16(14)27-3/h4-8,11H,9-10,12H2,1-3H3,(H,21,24). The van der Waals surface area contributed by atoms with Gasteiger partial charge in [-0.2, -0.15) is 0 Å². The van der Waals surface area contributed by atoms with Crippen LogP contribution in [0.1, 0.15) is 0 Å². The monoisotopic (exact) mass is 402 g/mol. The van der Waals surface area contributed by atoms with E-state index in [1.807, 2.05) is 16.7 Å². The lowest BCUT2D eigenvalue weighted by atomic mass is 10.2. The normalized spacial score (nSPS) is 10.8. The van der Waals surface area contributed by atoms with Crippen LogP contribution in [0.5, 0.6) is 11.5 Å². The predicted molar refractivity (Wildman–Crippen MR) is 108 cm³/mol. The van der Waals surface area contributed by atoms with Gasteiger partial charge in [-0.25, -0.2) is 9.97 Å². The second-order valence-electron chi connectivity index (χ2n) is 5.79. The number of ether oxygens (including phenoxy) is 3. The van der Waals surface area contributed by atoms with Gasteiger partial charge in [-0.3, -0.25) is 4.79 Å². The molecule has 1 amide bonds. The predicted octanol–water partition coefficient (Wildman–Crippen LogP) is 2.83. The van der Waals surface area contributed by atoms with E-state index < -0.39 is 0 Å². The van der Waals surface area contributed by atoms with Gasteiger partial charge in [0.2, 0.25) is 5.91 Å². The molecule has 0 aliphatic carbocycles. The molecule has 8 nitrogen and oxygen atoms in total. The van der Waals surface area contributed by atoms with Crippen LogP contribution in [0.25, 0.3) is 11.2 Å². The number of nitrogens with one attached hydrogen (secondary N) is 1. The molecule has 0 bridgehead atoms. The largest absolute Gasteiger partial charge is 0.497 e. The van der Waals surface area contributed by atoms with Crippen LogP contribution in [-0.4, -0.2) is 54.1 Å². The number of rotatable bonds is 9. The fourth-order valence-corrected chi connectivity index (χ4v) is 3.48. The number of benzene rings is 1. The number of methoxy groups -OCH3 is 3. The molecule has 2 aromatic heterocycles. The minimum Gasteiger partial charge on any atom is -0.497 e. The van der Waals surface area contributed by atoms with Gasteiger partial charge in [0.15, 0.2) is 10.8 Å². The van der Waals surface area contributed by atoms with E-state index in [4.69, 9.17) is 14.2 Å². The van der Waals surface area contributed by atoms with Gasteiger partial charge >= 0.3 is 0 Å². The number of hydrogen-bond donors (Lipinski definition) is 1. The van der Waals surface area contributed by atoms with Crippen molar-refractivity contribution in [2.75, 3.05) is 39.0 Å². The SMILES string of the molecule is COCCn1c(SCC(=O)Nc2ccc(OC)cc2OC)nc2cccnc21. The second-order valence-corrected chi connectivity index (χ2v) is 6.73. The van der Waals surface area contributed by atoms with Crippen LogP contribution >= 0.6 is 11.8 Å². The number of thioether (sulfide) groups is 1. The summed E-state index contributed by atoms with van der Waals surface area (Å²) in [4.78, 5) is 21.4. The Morgan fingerprint density at radius 2 is 2.07 bits per heavy atom. The Bertz CT molecular complexity index is 960. The number of pyridine rings is 1. The number of amides is 1. The summed E-state index contributed by atoms with van der Waals surface area (Å²) in [7, 11) is 4.77. The lowest BCUT2D eigenvalue weighted by Gasteiger charge is -2.12. The number of fused-ring (bicyclic) bond motifs is 1. The van der Waals surface area contributed by atoms with Crippen LogP contribution in [0.4, 0.5) is 5.69 Å². The molecule has 28 heavy (non-hydrogen) atoms. The molecule has 0 spiro atoms. The van der Waals surface area contributed by atoms with E-state index >= 15 is 0 Å². The summed E-state index contributed by atoms with van der Waals surface area (Å²) in [5, 5.41) is 3.59. The number of hydrogen-bond acceptors (Lipinski definition) is 7. The van der Waals surface area contributed by atoms with Crippen LogP contribution in [0.15, 0.2) is 41.7 Å². The number of aromatic nitrogens is 3. The number of nitrogens with zero attached hydrogens (tertiary/aromatic N) is 3. The Hall–Kier alpha value is -2.78. The highest BCUT2D eigenvalue weighted by molar-refractivity contribution is 7.99. The lowest BCUT2D eigenvalue weighted by molar-refractivity contribution is -0.113. The van der Waals surface area contributed by atoms with Crippen LogP contribution < -0.4 is 14.8 Å².